The van der Waals surface area contributed by atoms with Crippen molar-refractivity contribution >= 4 is 28.1 Å². The molecule has 7 heteroatoms. The molecule has 0 aliphatic carbocycles. The SMILES string of the molecule is COc1ccccc1C=Nn1c(-c2cc3c(OC)cccc3o2)nc2ccccc2c1=O. The normalized spacial score (nSPS) is 11.4. The highest BCUT2D eigenvalue weighted by molar-refractivity contribution is 5.89. The van der Waals surface area contributed by atoms with Crippen LogP contribution in [0, 0.1) is 0 Å². The number of nitrogens with zero attached hydrogens (tertiary/aromatic N) is 3. The van der Waals surface area contributed by atoms with E-state index < -0.39 is 0 Å². The van der Waals surface area contributed by atoms with E-state index in [0.29, 0.717) is 33.7 Å². The Hall–Kier alpha value is -4.39. The molecule has 0 saturated heterocycles. The summed E-state index contributed by atoms with van der Waals surface area (Å²) in [7, 11) is 3.19. The van der Waals surface area contributed by atoms with E-state index in [0.717, 1.165) is 10.9 Å². The van der Waals surface area contributed by atoms with Gasteiger partial charge in [0, 0.05) is 5.56 Å². The standard InChI is InChI=1S/C25H19N3O4/c1-30-20-11-6-3-8-16(20)15-26-28-24(27-19-10-5-4-9-17(19)25(28)29)23-14-18-21(31-2)12-7-13-22(18)32-23/h3-15H,1-2H3. The topological polar surface area (TPSA) is 78.8 Å². The molecule has 32 heavy (non-hydrogen) atoms. The van der Waals surface area contributed by atoms with Crippen molar-refractivity contribution < 1.29 is 13.9 Å². The van der Waals surface area contributed by atoms with Crippen LogP contribution in [0.2, 0.25) is 0 Å². The smallest absolute Gasteiger partial charge is 0.282 e. The summed E-state index contributed by atoms with van der Waals surface area (Å²) in [5.74, 6) is 2.01. The lowest BCUT2D eigenvalue weighted by atomic mass is 10.2. The molecule has 0 radical (unpaired) electrons. The molecule has 5 rings (SSSR count). The van der Waals surface area contributed by atoms with E-state index in [2.05, 4.69) is 5.10 Å². The fourth-order valence-corrected chi connectivity index (χ4v) is 3.61. The first-order valence-electron chi connectivity index (χ1n) is 9.95. The van der Waals surface area contributed by atoms with Gasteiger partial charge in [0.1, 0.15) is 17.1 Å². The fraction of sp³-hybridized carbons (Fsp3) is 0.0800. The van der Waals surface area contributed by atoms with Crippen molar-refractivity contribution in [1.82, 2.24) is 9.66 Å². The van der Waals surface area contributed by atoms with Gasteiger partial charge in [-0.2, -0.15) is 9.78 Å². The summed E-state index contributed by atoms with van der Waals surface area (Å²) >= 11 is 0. The Morgan fingerprint density at radius 2 is 1.66 bits per heavy atom. The predicted octanol–water partition coefficient (Wildman–Crippen LogP) is 4.71. The summed E-state index contributed by atoms with van der Waals surface area (Å²) in [5, 5.41) is 5.71. The third-order valence-electron chi connectivity index (χ3n) is 5.17. The number of methoxy groups -OCH3 is 2. The lowest BCUT2D eigenvalue weighted by Crippen LogP contribution is -2.20. The molecule has 0 amide bonds. The van der Waals surface area contributed by atoms with E-state index in [1.807, 2.05) is 48.5 Å². The first-order valence-corrected chi connectivity index (χ1v) is 9.95. The Labute approximate surface area is 183 Å². The Bertz CT molecular complexity index is 1530. The van der Waals surface area contributed by atoms with Gasteiger partial charge in [-0.3, -0.25) is 4.79 Å². The second-order valence-corrected chi connectivity index (χ2v) is 7.04. The molecule has 2 aromatic heterocycles. The van der Waals surface area contributed by atoms with Gasteiger partial charge in [-0.15, -0.1) is 0 Å². The Balaban J connectivity index is 1.75. The molecule has 3 aromatic carbocycles. The predicted molar refractivity (Wildman–Crippen MR) is 124 cm³/mol. The average Bonchev–Trinajstić information content (AvgIpc) is 3.28. The molecule has 0 spiro atoms. The number of rotatable bonds is 5. The van der Waals surface area contributed by atoms with Crippen molar-refractivity contribution in [3.63, 3.8) is 0 Å². The zero-order valence-corrected chi connectivity index (χ0v) is 17.5. The van der Waals surface area contributed by atoms with E-state index in [1.165, 1.54) is 4.68 Å². The second kappa shape index (κ2) is 8.03. The molecule has 7 nitrogen and oxygen atoms in total. The van der Waals surface area contributed by atoms with Crippen molar-refractivity contribution in [3.05, 3.63) is 88.7 Å². The summed E-state index contributed by atoms with van der Waals surface area (Å²) in [4.78, 5) is 18.0. The van der Waals surface area contributed by atoms with Crippen LogP contribution in [0.15, 0.2) is 87.1 Å². The van der Waals surface area contributed by atoms with Gasteiger partial charge in [0.15, 0.2) is 5.76 Å². The summed E-state index contributed by atoms with van der Waals surface area (Å²) in [6, 6.07) is 21.9. The maximum Gasteiger partial charge on any atom is 0.282 e. The van der Waals surface area contributed by atoms with Crippen LogP contribution in [-0.2, 0) is 0 Å². The van der Waals surface area contributed by atoms with E-state index in [4.69, 9.17) is 18.9 Å². The van der Waals surface area contributed by atoms with Gasteiger partial charge in [0.2, 0.25) is 5.82 Å². The van der Waals surface area contributed by atoms with E-state index in [-0.39, 0.29) is 11.4 Å². The van der Waals surface area contributed by atoms with E-state index in [1.54, 1.807) is 44.7 Å². The molecular formula is C25H19N3O4. The summed E-state index contributed by atoms with van der Waals surface area (Å²) in [6.07, 6.45) is 1.57. The van der Waals surface area contributed by atoms with Crippen molar-refractivity contribution in [1.29, 1.82) is 0 Å². The molecule has 0 aliphatic rings. The summed E-state index contributed by atoms with van der Waals surface area (Å²) < 4.78 is 18.1. The molecule has 0 aliphatic heterocycles. The number of ether oxygens (including phenoxy) is 2. The van der Waals surface area contributed by atoms with Crippen LogP contribution in [0.3, 0.4) is 0 Å². The fourth-order valence-electron chi connectivity index (χ4n) is 3.61. The van der Waals surface area contributed by atoms with Crippen LogP contribution >= 0.6 is 0 Å². The third-order valence-corrected chi connectivity index (χ3v) is 5.17. The van der Waals surface area contributed by atoms with Gasteiger partial charge in [0.25, 0.3) is 5.56 Å². The number of para-hydroxylation sites is 2. The quantitative estimate of drug-likeness (QED) is 0.381. The minimum absolute atomic E-state index is 0.290. The van der Waals surface area contributed by atoms with Crippen molar-refractivity contribution in [2.45, 2.75) is 0 Å². The van der Waals surface area contributed by atoms with Gasteiger partial charge in [-0.05, 0) is 42.5 Å². The second-order valence-electron chi connectivity index (χ2n) is 7.04. The summed E-state index contributed by atoms with van der Waals surface area (Å²) in [5.41, 5.74) is 1.61. The summed E-state index contributed by atoms with van der Waals surface area (Å²) in [6.45, 7) is 0. The zero-order valence-electron chi connectivity index (χ0n) is 17.5. The van der Waals surface area contributed by atoms with Crippen LogP contribution in [0.25, 0.3) is 33.5 Å². The van der Waals surface area contributed by atoms with Gasteiger partial charge in [-0.25, -0.2) is 4.98 Å². The van der Waals surface area contributed by atoms with E-state index >= 15 is 0 Å². The van der Waals surface area contributed by atoms with Crippen LogP contribution in [0.1, 0.15) is 5.56 Å². The molecule has 0 bridgehead atoms. The monoisotopic (exact) mass is 425 g/mol. The molecule has 0 N–H and O–H groups in total. The first kappa shape index (κ1) is 19.6. The molecule has 0 fully saturated rings. The molecule has 0 atom stereocenters. The molecule has 5 aromatic rings. The molecule has 0 unspecified atom stereocenters. The maximum atomic E-state index is 13.3. The molecule has 2 heterocycles. The minimum Gasteiger partial charge on any atom is -0.496 e. The Morgan fingerprint density at radius 1 is 0.906 bits per heavy atom. The van der Waals surface area contributed by atoms with Gasteiger partial charge in [0.05, 0.1) is 36.7 Å². The average molecular weight is 425 g/mol. The number of hydrogen-bond donors (Lipinski definition) is 0. The van der Waals surface area contributed by atoms with Gasteiger partial charge >= 0.3 is 0 Å². The highest BCUT2D eigenvalue weighted by Gasteiger charge is 2.18. The minimum atomic E-state index is -0.302. The van der Waals surface area contributed by atoms with Crippen LogP contribution in [-0.4, -0.2) is 30.1 Å². The van der Waals surface area contributed by atoms with Crippen molar-refractivity contribution in [2.75, 3.05) is 14.2 Å². The zero-order chi connectivity index (χ0) is 22.1. The lowest BCUT2D eigenvalue weighted by molar-refractivity contribution is 0.414. The highest BCUT2D eigenvalue weighted by atomic mass is 16.5. The number of aromatic nitrogens is 2. The van der Waals surface area contributed by atoms with Crippen LogP contribution < -0.4 is 15.0 Å². The van der Waals surface area contributed by atoms with E-state index in [9.17, 15) is 4.79 Å². The van der Waals surface area contributed by atoms with Crippen molar-refractivity contribution in [2.24, 2.45) is 5.10 Å². The molecule has 0 saturated carbocycles. The highest BCUT2D eigenvalue weighted by Crippen LogP contribution is 2.32. The van der Waals surface area contributed by atoms with Crippen LogP contribution in [0.4, 0.5) is 0 Å². The lowest BCUT2D eigenvalue weighted by Gasteiger charge is -2.08. The van der Waals surface area contributed by atoms with Crippen molar-refractivity contribution in [3.8, 4) is 23.1 Å². The van der Waals surface area contributed by atoms with Gasteiger partial charge in [-0.1, -0.05) is 30.3 Å². The van der Waals surface area contributed by atoms with Gasteiger partial charge < -0.3 is 13.9 Å². The third kappa shape index (κ3) is 3.30. The largest absolute Gasteiger partial charge is 0.496 e. The Kier molecular flexibility index (Phi) is 4.91. The number of furan rings is 1. The molecular weight excluding hydrogens is 406 g/mol. The number of hydrogen-bond acceptors (Lipinski definition) is 6. The number of fused-ring (bicyclic) bond motifs is 2. The van der Waals surface area contributed by atoms with Crippen LogP contribution in [0.5, 0.6) is 11.5 Å². The number of benzene rings is 3. The molecule has 158 valence electrons. The Morgan fingerprint density at radius 3 is 2.50 bits per heavy atom. The first-order chi connectivity index (χ1) is 15.7. The maximum absolute atomic E-state index is 13.3.